The molecule has 3 aromatic carbocycles. The van der Waals surface area contributed by atoms with E-state index in [1.54, 1.807) is 87.5 Å². The second-order valence-corrected chi connectivity index (χ2v) is 18.4. The summed E-state index contributed by atoms with van der Waals surface area (Å²) in [6, 6.07) is 18.8. The van der Waals surface area contributed by atoms with E-state index >= 15 is 0 Å². The summed E-state index contributed by atoms with van der Waals surface area (Å²) in [7, 11) is -2.68. The van der Waals surface area contributed by atoms with E-state index < -0.39 is 88.4 Å². The molecule has 18 nitrogen and oxygen atoms in total. The summed E-state index contributed by atoms with van der Waals surface area (Å²) in [4.78, 5) is 86.6. The molecule has 3 aromatic rings. The Morgan fingerprint density at radius 3 is 2.08 bits per heavy atom. The third-order valence-corrected chi connectivity index (χ3v) is 11.4. The van der Waals surface area contributed by atoms with Crippen LogP contribution in [0.3, 0.4) is 0 Å². The van der Waals surface area contributed by atoms with Crippen molar-refractivity contribution in [2.45, 2.75) is 120 Å². The highest BCUT2D eigenvalue weighted by molar-refractivity contribution is 7.90. The molecule has 4 amide bonds. The highest BCUT2D eigenvalue weighted by Crippen LogP contribution is 2.22. The Labute approximate surface area is 380 Å². The third kappa shape index (κ3) is 17.9. The molecule has 0 spiro atoms. The maximum absolute atomic E-state index is 14.4. The number of amides is 4. The van der Waals surface area contributed by atoms with Gasteiger partial charge in [-0.25, -0.2) is 17.9 Å². The number of benzene rings is 3. The lowest BCUT2D eigenvalue weighted by molar-refractivity contribution is -0.152. The van der Waals surface area contributed by atoms with Gasteiger partial charge >= 0.3 is 18.0 Å². The quantitative estimate of drug-likeness (QED) is 0.0354. The van der Waals surface area contributed by atoms with Crippen LogP contribution in [0.4, 0.5) is 4.79 Å². The Balaban J connectivity index is 1.54. The van der Waals surface area contributed by atoms with Crippen LogP contribution in [0.1, 0.15) is 94.9 Å². The molecule has 0 bridgehead atoms. The van der Waals surface area contributed by atoms with Gasteiger partial charge in [-0.15, -0.1) is 0 Å². The number of aryl methyl sites for hydroxylation is 1. The third-order valence-electron chi connectivity index (χ3n) is 10.0. The molecule has 4 rings (SSSR count). The maximum atomic E-state index is 14.4. The van der Waals surface area contributed by atoms with Gasteiger partial charge in [0.15, 0.2) is 0 Å². The van der Waals surface area contributed by atoms with Crippen molar-refractivity contribution in [3.63, 3.8) is 0 Å². The fourth-order valence-corrected chi connectivity index (χ4v) is 7.66. The standard InChI is InChI=1S/C46H61N7O11S/c1-31-23-25-35(26-24-31)65(60,61)52-44(47)48-27-15-22-36(43(58)53(5)29-39(55)62-30-32-16-9-6-10-17-32)49-42(57)40(33-18-11-7-12-19-33)51-41(56)37(50-45(59)64-46(2,3)4)28-38(54)63-34-20-13-8-14-21-34/h6-7,9-12,16-19,23-26,34,36-37,40H,8,13-15,20-22,27-30H2,1-5H3,(H,49,57)(H,50,59)(H,51,56)(H3,47,48,52)/t36-,37-,40-/m0/s1. The minimum Gasteiger partial charge on any atom is -0.462 e. The molecule has 352 valence electrons. The number of sulfonamides is 1. The van der Waals surface area contributed by atoms with Gasteiger partial charge in [0.05, 0.1) is 11.3 Å². The molecule has 0 unspecified atom stereocenters. The molecule has 1 saturated carbocycles. The number of aliphatic imine (C=N–C) groups is 1. The van der Waals surface area contributed by atoms with Gasteiger partial charge in [-0.2, -0.15) is 0 Å². The van der Waals surface area contributed by atoms with Crippen LogP contribution in [-0.2, 0) is 54.8 Å². The maximum Gasteiger partial charge on any atom is 0.408 e. The molecule has 1 fully saturated rings. The average molecular weight is 920 g/mol. The lowest BCUT2D eigenvalue weighted by atomic mass is 9.98. The van der Waals surface area contributed by atoms with Crippen LogP contribution in [0.15, 0.2) is 94.8 Å². The van der Waals surface area contributed by atoms with Crippen molar-refractivity contribution in [2.24, 2.45) is 10.7 Å². The molecular formula is C46H61N7O11S. The number of guanidine groups is 1. The zero-order chi connectivity index (χ0) is 47.6. The van der Waals surface area contributed by atoms with Gasteiger partial charge in [0.2, 0.25) is 23.7 Å². The Hall–Kier alpha value is -6.50. The van der Waals surface area contributed by atoms with Crippen molar-refractivity contribution in [2.75, 3.05) is 20.1 Å². The number of nitrogens with two attached hydrogens (primary N) is 1. The second kappa shape index (κ2) is 24.5. The van der Waals surface area contributed by atoms with Gasteiger partial charge in [0.1, 0.15) is 43.0 Å². The van der Waals surface area contributed by atoms with E-state index in [1.165, 1.54) is 19.2 Å². The summed E-state index contributed by atoms with van der Waals surface area (Å²) >= 11 is 0. The van der Waals surface area contributed by atoms with Crippen LogP contribution in [-0.4, -0.2) is 99.0 Å². The van der Waals surface area contributed by atoms with Crippen molar-refractivity contribution in [3.8, 4) is 0 Å². The van der Waals surface area contributed by atoms with Crippen molar-refractivity contribution in [1.82, 2.24) is 25.6 Å². The minimum absolute atomic E-state index is 0.0219. The monoisotopic (exact) mass is 919 g/mol. The topological polar surface area (TPSA) is 254 Å². The van der Waals surface area contributed by atoms with Gasteiger partial charge in [0, 0.05) is 13.6 Å². The molecular weight excluding hydrogens is 859 g/mol. The van der Waals surface area contributed by atoms with E-state index in [4.69, 9.17) is 19.9 Å². The number of ether oxygens (including phenoxy) is 3. The molecule has 0 heterocycles. The van der Waals surface area contributed by atoms with E-state index in [0.29, 0.717) is 18.4 Å². The van der Waals surface area contributed by atoms with E-state index in [9.17, 15) is 37.2 Å². The number of carbonyl (C=O) groups excluding carboxylic acids is 6. The number of nitrogens with zero attached hydrogens (tertiary/aromatic N) is 2. The van der Waals surface area contributed by atoms with E-state index in [-0.39, 0.29) is 37.0 Å². The highest BCUT2D eigenvalue weighted by Gasteiger charge is 2.34. The van der Waals surface area contributed by atoms with Crippen molar-refractivity contribution >= 4 is 51.7 Å². The molecule has 0 aliphatic heterocycles. The van der Waals surface area contributed by atoms with Gasteiger partial charge in [-0.05, 0) is 89.5 Å². The summed E-state index contributed by atoms with van der Waals surface area (Å²) in [5.74, 6) is -4.30. The van der Waals surface area contributed by atoms with Gasteiger partial charge in [-0.3, -0.25) is 29.0 Å². The number of esters is 2. The number of hydrogen-bond donors (Lipinski definition) is 5. The van der Waals surface area contributed by atoms with Crippen molar-refractivity contribution in [1.29, 1.82) is 0 Å². The second-order valence-electron chi connectivity index (χ2n) is 16.7. The predicted octanol–water partition coefficient (Wildman–Crippen LogP) is 4.07. The summed E-state index contributed by atoms with van der Waals surface area (Å²) in [5, 5.41) is 7.78. The van der Waals surface area contributed by atoms with E-state index in [2.05, 4.69) is 25.7 Å². The van der Waals surface area contributed by atoms with Gasteiger partial charge in [0.25, 0.3) is 10.0 Å². The fourth-order valence-electron chi connectivity index (χ4n) is 6.71. The molecule has 1 aliphatic carbocycles. The number of likely N-dealkylation sites (N-methyl/N-ethyl adjacent to an activating group) is 1. The van der Waals surface area contributed by atoms with Crippen LogP contribution in [0.25, 0.3) is 0 Å². The average Bonchev–Trinajstić information content (AvgIpc) is 3.25. The number of alkyl carbamates (subject to hydrolysis) is 1. The lowest BCUT2D eigenvalue weighted by Crippen LogP contribution is -2.54. The van der Waals surface area contributed by atoms with Crippen LogP contribution in [0, 0.1) is 6.92 Å². The van der Waals surface area contributed by atoms with E-state index in [0.717, 1.165) is 35.3 Å². The Morgan fingerprint density at radius 1 is 0.815 bits per heavy atom. The minimum atomic E-state index is -4.04. The molecule has 6 N–H and O–H groups in total. The smallest absolute Gasteiger partial charge is 0.408 e. The highest BCUT2D eigenvalue weighted by atomic mass is 32.2. The molecule has 65 heavy (non-hydrogen) atoms. The molecule has 19 heteroatoms. The number of nitrogens with one attached hydrogen (secondary N) is 4. The SMILES string of the molecule is Cc1ccc(S(=O)(=O)NC(N)=NCCC[C@H](NC(=O)[C@@H](NC(=O)[C@H](CC(=O)OC2CCCCC2)NC(=O)OC(C)(C)C)c2ccccc2)C(=O)N(C)CC(=O)OCc2ccccc2)cc1. The zero-order valence-corrected chi connectivity index (χ0v) is 38.4. The predicted molar refractivity (Wildman–Crippen MR) is 241 cm³/mol. The fraction of sp³-hybridized carbons (Fsp3) is 0.457. The van der Waals surface area contributed by atoms with Crippen LogP contribution in [0.5, 0.6) is 0 Å². The first-order chi connectivity index (χ1) is 30.8. The normalized spacial score (nSPS) is 14.7. The molecule has 1 aliphatic rings. The first-order valence-corrected chi connectivity index (χ1v) is 23.0. The van der Waals surface area contributed by atoms with Crippen LogP contribution in [0.2, 0.25) is 0 Å². The largest absolute Gasteiger partial charge is 0.462 e. The summed E-state index contributed by atoms with van der Waals surface area (Å²) in [6.07, 6.45) is 2.28. The van der Waals surface area contributed by atoms with Crippen molar-refractivity contribution in [3.05, 3.63) is 102 Å². The molecule has 0 saturated heterocycles. The summed E-state index contributed by atoms with van der Waals surface area (Å²) < 4.78 is 44.3. The molecule has 0 aromatic heterocycles. The van der Waals surface area contributed by atoms with Crippen LogP contribution < -0.4 is 26.4 Å². The molecule has 0 radical (unpaired) electrons. The lowest BCUT2D eigenvalue weighted by Gasteiger charge is -2.28. The Bertz CT molecular complexity index is 2210. The number of carbonyl (C=O) groups is 6. The first-order valence-electron chi connectivity index (χ1n) is 21.5. The first kappa shape index (κ1) is 51.1. The summed E-state index contributed by atoms with van der Waals surface area (Å²) in [5.41, 5.74) is 6.88. The van der Waals surface area contributed by atoms with Gasteiger partial charge < -0.3 is 40.8 Å². The Morgan fingerprint density at radius 2 is 1.45 bits per heavy atom. The zero-order valence-electron chi connectivity index (χ0n) is 37.5. The van der Waals surface area contributed by atoms with Crippen molar-refractivity contribution < 1.29 is 51.4 Å². The summed E-state index contributed by atoms with van der Waals surface area (Å²) in [6.45, 7) is 6.12. The molecule has 3 atom stereocenters. The number of hydrogen-bond acceptors (Lipinski definition) is 12. The van der Waals surface area contributed by atoms with Gasteiger partial charge in [-0.1, -0.05) is 84.8 Å². The number of rotatable bonds is 20. The van der Waals surface area contributed by atoms with Crippen LogP contribution >= 0.6 is 0 Å². The van der Waals surface area contributed by atoms with E-state index in [1.807, 2.05) is 13.0 Å². The Kier molecular flexibility index (Phi) is 19.3.